The largest absolute Gasteiger partial charge is 0.444 e. The molecule has 1 unspecified atom stereocenters. The van der Waals surface area contributed by atoms with Crippen molar-refractivity contribution in [1.29, 1.82) is 0 Å². The van der Waals surface area contributed by atoms with Crippen LogP contribution in [0.4, 0.5) is 10.6 Å². The molecule has 0 aromatic carbocycles. The smallest absolute Gasteiger partial charge is 0.407 e. The van der Waals surface area contributed by atoms with Crippen LogP contribution in [0.3, 0.4) is 0 Å². The third-order valence-corrected chi connectivity index (χ3v) is 5.20. The molecule has 27 heavy (non-hydrogen) atoms. The molecule has 2 aliphatic rings. The summed E-state index contributed by atoms with van der Waals surface area (Å²) in [6.07, 6.45) is 7.09. The van der Waals surface area contributed by atoms with Crippen molar-refractivity contribution in [2.75, 3.05) is 18.0 Å². The van der Waals surface area contributed by atoms with Gasteiger partial charge in [0.25, 0.3) is 0 Å². The molecule has 2 fully saturated rings. The second-order valence-corrected chi connectivity index (χ2v) is 7.41. The van der Waals surface area contributed by atoms with Crippen LogP contribution in [-0.4, -0.2) is 51.3 Å². The van der Waals surface area contributed by atoms with Crippen molar-refractivity contribution in [3.05, 3.63) is 24.3 Å². The molecule has 1 saturated carbocycles. The number of piperidine rings is 1. The van der Waals surface area contributed by atoms with Gasteiger partial charge in [0, 0.05) is 24.2 Å². The highest BCUT2D eigenvalue weighted by molar-refractivity contribution is 6.09. The quantitative estimate of drug-likeness (QED) is 0.740. The molecule has 5 rings (SSSR count). The number of H-pyrrole nitrogens is 1. The number of anilines is 1. The maximum absolute atomic E-state index is 12.0. The van der Waals surface area contributed by atoms with Crippen LogP contribution in [0.5, 0.6) is 0 Å². The third kappa shape index (κ3) is 3.15. The topological polar surface area (TPSA) is 96.0 Å². The number of amides is 1. The van der Waals surface area contributed by atoms with Crippen molar-refractivity contribution >= 4 is 33.8 Å². The number of pyridine rings is 1. The zero-order valence-corrected chi connectivity index (χ0v) is 15.2. The summed E-state index contributed by atoms with van der Waals surface area (Å²) in [4.78, 5) is 31.1. The van der Waals surface area contributed by atoms with E-state index < -0.39 is 0 Å². The molecule has 8 nitrogen and oxygen atoms in total. The van der Waals surface area contributed by atoms with Gasteiger partial charge in [0.15, 0.2) is 5.65 Å². The van der Waals surface area contributed by atoms with E-state index in [0.29, 0.717) is 12.6 Å². The summed E-state index contributed by atoms with van der Waals surface area (Å²) in [5, 5.41) is 4.90. The summed E-state index contributed by atoms with van der Waals surface area (Å²) in [5.74, 6) is 1.73. The van der Waals surface area contributed by atoms with Crippen LogP contribution in [0.1, 0.15) is 31.5 Å². The highest BCUT2D eigenvalue weighted by Gasteiger charge is 2.29. The second-order valence-electron chi connectivity index (χ2n) is 7.41. The number of aromatic amines is 1. The molecule has 1 atom stereocenters. The molecule has 0 bridgehead atoms. The summed E-state index contributed by atoms with van der Waals surface area (Å²) in [7, 11) is 0. The van der Waals surface area contributed by atoms with E-state index in [4.69, 9.17) is 9.72 Å². The molecular formula is C19H22N6O2. The van der Waals surface area contributed by atoms with Crippen molar-refractivity contribution in [2.24, 2.45) is 0 Å². The van der Waals surface area contributed by atoms with E-state index in [1.165, 1.54) is 0 Å². The lowest BCUT2D eigenvalue weighted by molar-refractivity contribution is 0.0879. The maximum Gasteiger partial charge on any atom is 0.407 e. The number of carbonyl (C=O) groups is 1. The van der Waals surface area contributed by atoms with E-state index in [-0.39, 0.29) is 12.2 Å². The Bertz CT molecular complexity index is 1010. The number of ether oxygens (including phenoxy) is 1. The molecule has 3 aromatic rings. The fourth-order valence-corrected chi connectivity index (χ4v) is 3.77. The molecule has 1 amide bonds. The Morgan fingerprint density at radius 1 is 1.33 bits per heavy atom. The Morgan fingerprint density at radius 2 is 2.22 bits per heavy atom. The van der Waals surface area contributed by atoms with Crippen molar-refractivity contribution in [2.45, 2.75) is 44.8 Å². The lowest BCUT2D eigenvalue weighted by Crippen LogP contribution is -2.43. The molecule has 0 radical (unpaired) electrons. The fraction of sp³-hybridized carbons (Fsp3) is 0.474. The SMILES string of the molecule is Cc1nc(N2CCCC(OC(=O)NC3CC3)C2)c2c(cnc3nccc32)[nH]1. The van der Waals surface area contributed by atoms with Gasteiger partial charge in [0.1, 0.15) is 17.7 Å². The summed E-state index contributed by atoms with van der Waals surface area (Å²) in [6, 6.07) is 2.28. The normalized spacial score (nSPS) is 20.2. The van der Waals surface area contributed by atoms with Crippen LogP contribution in [0.2, 0.25) is 0 Å². The van der Waals surface area contributed by atoms with Gasteiger partial charge in [0.05, 0.1) is 23.6 Å². The fourth-order valence-electron chi connectivity index (χ4n) is 3.77. The molecule has 1 aliphatic heterocycles. The maximum atomic E-state index is 12.0. The highest BCUT2D eigenvalue weighted by atomic mass is 16.6. The minimum atomic E-state index is -0.299. The number of fused-ring (bicyclic) bond motifs is 3. The van der Waals surface area contributed by atoms with Crippen molar-refractivity contribution in [1.82, 2.24) is 25.3 Å². The van der Waals surface area contributed by atoms with E-state index in [0.717, 1.165) is 65.8 Å². The molecule has 2 N–H and O–H groups in total. The number of carbonyl (C=O) groups excluding carboxylic acids is 1. The zero-order valence-electron chi connectivity index (χ0n) is 15.2. The molecule has 1 aliphatic carbocycles. The van der Waals surface area contributed by atoms with Gasteiger partial charge in [-0.05, 0) is 38.7 Å². The van der Waals surface area contributed by atoms with E-state index >= 15 is 0 Å². The van der Waals surface area contributed by atoms with Crippen LogP contribution in [0, 0.1) is 6.92 Å². The zero-order chi connectivity index (χ0) is 18.4. The van der Waals surface area contributed by atoms with Crippen LogP contribution in [0.15, 0.2) is 18.5 Å². The second kappa shape index (κ2) is 6.37. The monoisotopic (exact) mass is 366 g/mol. The van der Waals surface area contributed by atoms with Gasteiger partial charge in [-0.1, -0.05) is 0 Å². The van der Waals surface area contributed by atoms with Crippen molar-refractivity contribution < 1.29 is 9.53 Å². The standard InChI is InChI=1S/C19H22N6O2/c1-11-22-15-9-21-17-14(6-7-20-17)16(15)18(23-11)25-8-2-3-13(10-25)27-19(26)24-12-4-5-12/h6-7,9,12-13H,2-5,8,10H2,1H3,(H,22,23)(H,24,26). The number of rotatable bonds is 3. The van der Waals surface area contributed by atoms with E-state index in [1.807, 2.05) is 19.2 Å². The average Bonchev–Trinajstić information content (AvgIpc) is 3.33. The summed E-state index contributed by atoms with van der Waals surface area (Å²) < 4.78 is 5.66. The first-order valence-corrected chi connectivity index (χ1v) is 9.49. The Morgan fingerprint density at radius 3 is 3.07 bits per heavy atom. The van der Waals surface area contributed by atoms with Gasteiger partial charge >= 0.3 is 6.09 Å². The minimum Gasteiger partial charge on any atom is -0.444 e. The van der Waals surface area contributed by atoms with Gasteiger partial charge in [-0.15, -0.1) is 0 Å². The third-order valence-electron chi connectivity index (χ3n) is 5.20. The molecule has 140 valence electrons. The predicted molar refractivity (Wildman–Crippen MR) is 102 cm³/mol. The van der Waals surface area contributed by atoms with Gasteiger partial charge in [-0.25, -0.2) is 19.7 Å². The Labute approximate surface area is 156 Å². The van der Waals surface area contributed by atoms with Crippen LogP contribution in [-0.2, 0) is 4.74 Å². The first-order chi connectivity index (χ1) is 13.2. The molecule has 1 saturated heterocycles. The number of nitrogens with zero attached hydrogens (tertiary/aromatic N) is 4. The van der Waals surface area contributed by atoms with Gasteiger partial charge in [0.2, 0.25) is 0 Å². The summed E-state index contributed by atoms with van der Waals surface area (Å²) in [6.45, 7) is 3.46. The first kappa shape index (κ1) is 16.3. The molecule has 4 heterocycles. The number of hydrogen-bond acceptors (Lipinski definition) is 6. The summed E-state index contributed by atoms with van der Waals surface area (Å²) in [5.41, 5.74) is 1.66. The molecule has 8 heteroatoms. The predicted octanol–water partition coefficient (Wildman–Crippen LogP) is 2.67. The number of aryl methyl sites for hydroxylation is 1. The number of nitrogens with one attached hydrogen (secondary N) is 2. The number of aromatic nitrogens is 4. The molecule has 0 spiro atoms. The van der Waals surface area contributed by atoms with E-state index in [9.17, 15) is 4.79 Å². The van der Waals surface area contributed by atoms with Crippen LogP contribution in [0.25, 0.3) is 21.9 Å². The number of alkyl carbamates (subject to hydrolysis) is 1. The van der Waals surface area contributed by atoms with Crippen LogP contribution < -0.4 is 10.2 Å². The van der Waals surface area contributed by atoms with Crippen molar-refractivity contribution in [3.8, 4) is 0 Å². The van der Waals surface area contributed by atoms with Gasteiger partial charge in [-0.3, -0.25) is 0 Å². The number of hydrogen-bond donors (Lipinski definition) is 2. The van der Waals surface area contributed by atoms with E-state index in [1.54, 1.807) is 6.20 Å². The Balaban J connectivity index is 1.46. The van der Waals surface area contributed by atoms with Crippen LogP contribution >= 0.6 is 0 Å². The van der Waals surface area contributed by atoms with E-state index in [2.05, 4.69) is 25.2 Å². The lowest BCUT2D eigenvalue weighted by atomic mass is 10.1. The minimum absolute atomic E-state index is 0.131. The Kier molecular flexibility index (Phi) is 3.84. The highest BCUT2D eigenvalue weighted by Crippen LogP contribution is 2.32. The van der Waals surface area contributed by atoms with Crippen molar-refractivity contribution in [3.63, 3.8) is 0 Å². The van der Waals surface area contributed by atoms with Gasteiger partial charge in [-0.2, -0.15) is 0 Å². The van der Waals surface area contributed by atoms with Gasteiger partial charge < -0.3 is 19.9 Å². The first-order valence-electron chi connectivity index (χ1n) is 9.49. The average molecular weight is 366 g/mol. The molecular weight excluding hydrogens is 344 g/mol. The summed E-state index contributed by atoms with van der Waals surface area (Å²) >= 11 is 0. The lowest BCUT2D eigenvalue weighted by Gasteiger charge is -2.34. The molecule has 3 aromatic heterocycles. The Hall–Kier alpha value is -2.90.